The van der Waals surface area contributed by atoms with Crippen molar-refractivity contribution in [3.8, 4) is 5.75 Å². The Kier molecular flexibility index (Phi) is 6.37. The molecule has 0 aliphatic carbocycles. The summed E-state index contributed by atoms with van der Waals surface area (Å²) in [5.74, 6) is 0.631. The van der Waals surface area contributed by atoms with Crippen molar-refractivity contribution in [3.63, 3.8) is 0 Å². The van der Waals surface area contributed by atoms with Crippen LogP contribution in [0.3, 0.4) is 0 Å². The highest BCUT2D eigenvalue weighted by Crippen LogP contribution is 2.20. The highest BCUT2D eigenvalue weighted by molar-refractivity contribution is 6.30. The summed E-state index contributed by atoms with van der Waals surface area (Å²) in [6, 6.07) is 15.4. The fourth-order valence-corrected chi connectivity index (χ4v) is 3.29. The monoisotopic (exact) mass is 385 g/mol. The zero-order chi connectivity index (χ0) is 19.2. The molecule has 6 heteroatoms. The predicted molar refractivity (Wildman–Crippen MR) is 107 cm³/mol. The summed E-state index contributed by atoms with van der Waals surface area (Å²) in [4.78, 5) is 14.9. The van der Waals surface area contributed by atoms with Crippen LogP contribution in [0.1, 0.15) is 17.5 Å². The lowest BCUT2D eigenvalue weighted by molar-refractivity contribution is -0.118. The maximum atomic E-state index is 12.7. The molecular weight excluding hydrogens is 362 g/mol. The number of halogens is 1. The van der Waals surface area contributed by atoms with Gasteiger partial charge in [0.2, 0.25) is 0 Å². The largest absolute Gasteiger partial charge is 0.496 e. The number of benzene rings is 2. The van der Waals surface area contributed by atoms with Crippen molar-refractivity contribution >= 4 is 17.5 Å². The average Bonchev–Trinajstić information content (AvgIpc) is 2.69. The highest BCUT2D eigenvalue weighted by Gasteiger charge is 2.22. The Balaban J connectivity index is 1.62. The molecule has 0 atom stereocenters. The van der Waals surface area contributed by atoms with Crippen LogP contribution >= 0.6 is 11.6 Å². The van der Waals surface area contributed by atoms with Gasteiger partial charge in [-0.2, -0.15) is 0 Å². The molecule has 142 valence electrons. The second kappa shape index (κ2) is 8.93. The van der Waals surface area contributed by atoms with Crippen molar-refractivity contribution in [1.29, 1.82) is 0 Å². The van der Waals surface area contributed by atoms with Gasteiger partial charge in [0.05, 0.1) is 7.11 Å². The van der Waals surface area contributed by atoms with Crippen LogP contribution in [0.15, 0.2) is 59.8 Å². The standard InChI is InChI=1S/C21H24ClN3O2/c1-27-20-5-3-2-4-16(20)12-24-21(26)18-14-25(11-10-19(18)23)13-15-6-8-17(22)9-7-15/h2-9H,10-14,23H2,1H3,(H,24,26). The van der Waals surface area contributed by atoms with E-state index in [1.807, 2.05) is 48.5 Å². The van der Waals surface area contributed by atoms with Crippen LogP contribution in [-0.2, 0) is 17.9 Å². The summed E-state index contributed by atoms with van der Waals surface area (Å²) in [7, 11) is 1.62. The van der Waals surface area contributed by atoms with Crippen molar-refractivity contribution in [2.75, 3.05) is 20.2 Å². The van der Waals surface area contributed by atoms with E-state index in [0.717, 1.165) is 35.0 Å². The Morgan fingerprint density at radius 1 is 1.22 bits per heavy atom. The zero-order valence-corrected chi connectivity index (χ0v) is 16.1. The number of amides is 1. The van der Waals surface area contributed by atoms with Gasteiger partial charge in [0.15, 0.2) is 0 Å². The molecule has 0 fully saturated rings. The van der Waals surface area contributed by atoms with Crippen molar-refractivity contribution in [2.45, 2.75) is 19.5 Å². The molecule has 0 aromatic heterocycles. The molecule has 0 saturated carbocycles. The third kappa shape index (κ3) is 5.02. The highest BCUT2D eigenvalue weighted by atomic mass is 35.5. The molecule has 0 saturated heterocycles. The number of nitrogens with two attached hydrogens (primary N) is 1. The van der Waals surface area contributed by atoms with Gasteiger partial charge >= 0.3 is 0 Å². The lowest BCUT2D eigenvalue weighted by atomic mass is 10.0. The number of rotatable bonds is 6. The third-order valence-corrected chi connectivity index (χ3v) is 4.94. The molecule has 0 spiro atoms. The van der Waals surface area contributed by atoms with Crippen LogP contribution in [-0.4, -0.2) is 31.0 Å². The van der Waals surface area contributed by atoms with E-state index in [2.05, 4.69) is 10.2 Å². The Bertz CT molecular complexity index is 834. The first-order valence-corrected chi connectivity index (χ1v) is 9.29. The number of nitrogens with one attached hydrogen (secondary N) is 1. The second-order valence-corrected chi connectivity index (χ2v) is 7.02. The Morgan fingerprint density at radius 3 is 2.70 bits per heavy atom. The van der Waals surface area contributed by atoms with E-state index in [1.54, 1.807) is 7.11 Å². The maximum absolute atomic E-state index is 12.7. The smallest absolute Gasteiger partial charge is 0.250 e. The fraction of sp³-hybridized carbons (Fsp3) is 0.286. The minimum Gasteiger partial charge on any atom is -0.496 e. The number of para-hydroxylation sites is 1. The summed E-state index contributed by atoms with van der Waals surface area (Å²) in [5.41, 5.74) is 9.53. The molecule has 1 heterocycles. The van der Waals surface area contributed by atoms with E-state index in [4.69, 9.17) is 22.1 Å². The predicted octanol–water partition coefficient (Wildman–Crippen LogP) is 3.08. The van der Waals surface area contributed by atoms with Gasteiger partial charge in [0.1, 0.15) is 5.75 Å². The van der Waals surface area contributed by atoms with E-state index < -0.39 is 0 Å². The summed E-state index contributed by atoms with van der Waals surface area (Å²) < 4.78 is 5.33. The quantitative estimate of drug-likeness (QED) is 0.801. The molecule has 0 radical (unpaired) electrons. The molecular formula is C21H24ClN3O2. The van der Waals surface area contributed by atoms with Crippen molar-refractivity contribution in [1.82, 2.24) is 10.2 Å². The Morgan fingerprint density at radius 2 is 1.96 bits per heavy atom. The van der Waals surface area contributed by atoms with Gasteiger partial charge in [0.25, 0.3) is 5.91 Å². The number of ether oxygens (including phenoxy) is 1. The topological polar surface area (TPSA) is 67.6 Å². The maximum Gasteiger partial charge on any atom is 0.250 e. The van der Waals surface area contributed by atoms with E-state index in [-0.39, 0.29) is 5.91 Å². The normalized spacial score (nSPS) is 14.9. The van der Waals surface area contributed by atoms with Crippen LogP contribution in [0.2, 0.25) is 5.02 Å². The molecule has 2 aromatic carbocycles. The van der Waals surface area contributed by atoms with Gasteiger partial charge in [-0.1, -0.05) is 41.9 Å². The van der Waals surface area contributed by atoms with Gasteiger partial charge in [0, 0.05) is 54.5 Å². The van der Waals surface area contributed by atoms with Gasteiger partial charge in [-0.3, -0.25) is 9.69 Å². The van der Waals surface area contributed by atoms with Crippen LogP contribution in [0, 0.1) is 0 Å². The van der Waals surface area contributed by atoms with E-state index in [0.29, 0.717) is 30.8 Å². The van der Waals surface area contributed by atoms with Crippen LogP contribution in [0.25, 0.3) is 0 Å². The van der Waals surface area contributed by atoms with E-state index in [1.165, 1.54) is 0 Å². The molecule has 5 nitrogen and oxygen atoms in total. The Hall–Kier alpha value is -2.50. The van der Waals surface area contributed by atoms with Crippen molar-refractivity contribution in [3.05, 3.63) is 76.0 Å². The number of nitrogens with zero attached hydrogens (tertiary/aromatic N) is 1. The number of methoxy groups -OCH3 is 1. The first-order valence-electron chi connectivity index (χ1n) is 8.91. The second-order valence-electron chi connectivity index (χ2n) is 6.59. The summed E-state index contributed by atoms with van der Waals surface area (Å²) in [6.07, 6.45) is 0.686. The van der Waals surface area contributed by atoms with Crippen LogP contribution < -0.4 is 15.8 Å². The van der Waals surface area contributed by atoms with E-state index >= 15 is 0 Å². The third-order valence-electron chi connectivity index (χ3n) is 4.69. The molecule has 1 aliphatic rings. The van der Waals surface area contributed by atoms with Crippen LogP contribution in [0.4, 0.5) is 0 Å². The SMILES string of the molecule is COc1ccccc1CNC(=O)C1=C(N)CCN(Cc2ccc(Cl)cc2)C1. The lowest BCUT2D eigenvalue weighted by Crippen LogP contribution is -2.39. The molecule has 3 N–H and O–H groups in total. The minimum atomic E-state index is -0.126. The zero-order valence-electron chi connectivity index (χ0n) is 15.4. The summed E-state index contributed by atoms with van der Waals surface area (Å²) >= 11 is 5.95. The Labute approximate surface area is 164 Å². The molecule has 1 amide bonds. The van der Waals surface area contributed by atoms with Crippen LogP contribution in [0.5, 0.6) is 5.75 Å². The summed E-state index contributed by atoms with van der Waals surface area (Å²) in [5, 5.41) is 3.69. The number of carbonyl (C=O) groups is 1. The first kappa shape index (κ1) is 19.3. The lowest BCUT2D eigenvalue weighted by Gasteiger charge is -2.29. The first-order chi connectivity index (χ1) is 13.1. The van der Waals surface area contributed by atoms with Gasteiger partial charge in [-0.15, -0.1) is 0 Å². The average molecular weight is 386 g/mol. The number of hydrogen-bond acceptors (Lipinski definition) is 4. The van der Waals surface area contributed by atoms with Gasteiger partial charge in [-0.05, 0) is 23.8 Å². The van der Waals surface area contributed by atoms with Gasteiger partial charge in [-0.25, -0.2) is 0 Å². The van der Waals surface area contributed by atoms with E-state index in [9.17, 15) is 4.79 Å². The molecule has 2 aromatic rings. The fourth-order valence-electron chi connectivity index (χ4n) is 3.17. The number of hydrogen-bond donors (Lipinski definition) is 2. The molecule has 27 heavy (non-hydrogen) atoms. The van der Waals surface area contributed by atoms with Crippen molar-refractivity contribution in [2.24, 2.45) is 5.73 Å². The molecule has 1 aliphatic heterocycles. The molecule has 0 bridgehead atoms. The minimum absolute atomic E-state index is 0.126. The van der Waals surface area contributed by atoms with Gasteiger partial charge < -0.3 is 15.8 Å². The molecule has 0 unspecified atom stereocenters. The van der Waals surface area contributed by atoms with Crippen molar-refractivity contribution < 1.29 is 9.53 Å². The molecule has 3 rings (SSSR count). The summed E-state index contributed by atoms with van der Waals surface area (Å²) in [6.45, 7) is 2.52. The number of carbonyl (C=O) groups excluding carboxylic acids is 1.